The van der Waals surface area contributed by atoms with Gasteiger partial charge >= 0.3 is 0 Å². The van der Waals surface area contributed by atoms with Crippen molar-refractivity contribution in [1.29, 1.82) is 0 Å². The van der Waals surface area contributed by atoms with E-state index in [1.54, 1.807) is 6.92 Å². The molecule has 2 aliphatic rings. The lowest BCUT2D eigenvalue weighted by Gasteiger charge is -2.32. The van der Waals surface area contributed by atoms with Crippen molar-refractivity contribution in [3.05, 3.63) is 22.4 Å². The molecule has 0 aromatic carbocycles. The predicted octanol–water partition coefficient (Wildman–Crippen LogP) is 0.870. The summed E-state index contributed by atoms with van der Waals surface area (Å²) in [6.45, 7) is 1.87. The van der Waals surface area contributed by atoms with Crippen molar-refractivity contribution >= 4 is 33.2 Å². The van der Waals surface area contributed by atoms with Crippen LogP contribution in [-0.4, -0.2) is 55.0 Å². The van der Waals surface area contributed by atoms with Crippen LogP contribution >= 0.6 is 11.3 Å². The first-order valence-electron chi connectivity index (χ1n) is 8.94. The van der Waals surface area contributed by atoms with Crippen molar-refractivity contribution in [3.63, 3.8) is 0 Å². The molecule has 2 N–H and O–H groups in total. The van der Waals surface area contributed by atoms with Gasteiger partial charge in [-0.1, -0.05) is 12.8 Å². The van der Waals surface area contributed by atoms with Crippen LogP contribution in [0.3, 0.4) is 0 Å². The molecule has 144 valence electrons. The van der Waals surface area contributed by atoms with Crippen LogP contribution in [0.1, 0.15) is 38.2 Å². The summed E-state index contributed by atoms with van der Waals surface area (Å²) in [7, 11) is -3.46. The Morgan fingerprint density at radius 2 is 2.15 bits per heavy atom. The number of carbonyl (C=O) groups is 2. The van der Waals surface area contributed by atoms with Gasteiger partial charge in [-0.05, 0) is 42.2 Å². The Morgan fingerprint density at radius 3 is 2.77 bits per heavy atom. The Kier molecular flexibility index (Phi) is 5.69. The molecule has 1 aromatic rings. The minimum atomic E-state index is -3.46. The normalized spacial score (nSPS) is 23.6. The zero-order chi connectivity index (χ0) is 18.8. The van der Waals surface area contributed by atoms with E-state index >= 15 is 0 Å². The molecule has 26 heavy (non-hydrogen) atoms. The highest BCUT2D eigenvalue weighted by atomic mass is 32.2. The van der Waals surface area contributed by atoms with Gasteiger partial charge in [-0.2, -0.15) is 15.6 Å². The summed E-state index contributed by atoms with van der Waals surface area (Å²) in [6.07, 6.45) is 3.65. The van der Waals surface area contributed by atoms with Gasteiger partial charge in [0.15, 0.2) is 0 Å². The molecule has 1 aliphatic heterocycles. The average molecular weight is 400 g/mol. The third-order valence-electron chi connectivity index (χ3n) is 5.17. The van der Waals surface area contributed by atoms with E-state index in [-0.39, 0.29) is 37.1 Å². The number of sulfonamides is 1. The molecule has 1 atom stereocenters. The molecule has 0 radical (unpaired) electrons. The fraction of sp³-hybridized carbons (Fsp3) is 0.647. The maximum Gasteiger partial charge on any atom is 0.244 e. The molecule has 1 aromatic heterocycles. The molecule has 2 heterocycles. The number of rotatable bonds is 5. The molecule has 0 bridgehead atoms. The zero-order valence-electron chi connectivity index (χ0n) is 14.9. The van der Waals surface area contributed by atoms with Gasteiger partial charge in [0, 0.05) is 13.1 Å². The Labute approximate surface area is 158 Å². The van der Waals surface area contributed by atoms with Crippen LogP contribution in [0.15, 0.2) is 16.8 Å². The summed E-state index contributed by atoms with van der Waals surface area (Å²) in [5, 5.41) is 9.54. The van der Waals surface area contributed by atoms with Crippen LogP contribution < -0.4 is 10.6 Å². The molecule has 2 fully saturated rings. The van der Waals surface area contributed by atoms with Crippen molar-refractivity contribution in [2.24, 2.45) is 0 Å². The van der Waals surface area contributed by atoms with E-state index in [4.69, 9.17) is 0 Å². The summed E-state index contributed by atoms with van der Waals surface area (Å²) in [5.41, 5.74) is 0.374. The number of thiophene rings is 1. The second kappa shape index (κ2) is 7.66. The maximum atomic E-state index is 12.7. The average Bonchev–Trinajstić information content (AvgIpc) is 3.22. The van der Waals surface area contributed by atoms with Crippen molar-refractivity contribution < 1.29 is 18.0 Å². The van der Waals surface area contributed by atoms with E-state index in [9.17, 15) is 18.0 Å². The minimum absolute atomic E-state index is 0.0147. The second-order valence-corrected chi connectivity index (χ2v) is 10.1. The van der Waals surface area contributed by atoms with Gasteiger partial charge in [0.1, 0.15) is 6.04 Å². The molecule has 1 saturated carbocycles. The monoisotopic (exact) mass is 399 g/mol. The Hall–Kier alpha value is -1.45. The highest BCUT2D eigenvalue weighted by Gasteiger charge is 2.44. The first-order chi connectivity index (χ1) is 12.3. The van der Waals surface area contributed by atoms with E-state index in [2.05, 4.69) is 10.6 Å². The fourth-order valence-corrected chi connectivity index (χ4v) is 5.60. The van der Waals surface area contributed by atoms with Crippen molar-refractivity contribution in [1.82, 2.24) is 14.9 Å². The van der Waals surface area contributed by atoms with Gasteiger partial charge in [-0.15, -0.1) is 0 Å². The topological polar surface area (TPSA) is 95.6 Å². The Balaban J connectivity index is 1.78. The molecular formula is C17H25N3O4S2. The Morgan fingerprint density at radius 1 is 1.42 bits per heavy atom. The van der Waals surface area contributed by atoms with Gasteiger partial charge in [0.05, 0.1) is 17.7 Å². The van der Waals surface area contributed by atoms with Crippen LogP contribution in [0.25, 0.3) is 0 Å². The lowest BCUT2D eigenvalue weighted by atomic mass is 9.98. The van der Waals surface area contributed by atoms with Crippen molar-refractivity contribution in [2.45, 2.75) is 50.6 Å². The van der Waals surface area contributed by atoms with Crippen LogP contribution in [0.4, 0.5) is 0 Å². The number of nitrogens with zero attached hydrogens (tertiary/aromatic N) is 1. The highest BCUT2D eigenvalue weighted by Crippen LogP contribution is 2.32. The summed E-state index contributed by atoms with van der Waals surface area (Å²) < 4.78 is 26.4. The maximum absolute atomic E-state index is 12.7. The van der Waals surface area contributed by atoms with E-state index in [1.165, 1.54) is 15.6 Å². The predicted molar refractivity (Wildman–Crippen MR) is 100 cm³/mol. The molecular weight excluding hydrogens is 374 g/mol. The molecule has 1 aliphatic carbocycles. The minimum Gasteiger partial charge on any atom is -0.348 e. The van der Waals surface area contributed by atoms with Crippen molar-refractivity contribution in [2.75, 3.05) is 18.8 Å². The van der Waals surface area contributed by atoms with Crippen molar-refractivity contribution in [3.8, 4) is 0 Å². The number of hydrogen-bond acceptors (Lipinski definition) is 5. The summed E-state index contributed by atoms with van der Waals surface area (Å²) in [5.74, 6) is -0.591. The summed E-state index contributed by atoms with van der Waals surface area (Å²) in [4.78, 5) is 25.0. The Bertz CT molecular complexity index is 755. The van der Waals surface area contributed by atoms with Crippen LogP contribution in [0, 0.1) is 0 Å². The van der Waals surface area contributed by atoms with E-state index in [1.807, 2.05) is 16.8 Å². The zero-order valence-corrected chi connectivity index (χ0v) is 16.5. The van der Waals surface area contributed by atoms with E-state index in [0.29, 0.717) is 0 Å². The quantitative estimate of drug-likeness (QED) is 0.768. The molecule has 2 amide bonds. The van der Waals surface area contributed by atoms with Crippen LogP contribution in [-0.2, 0) is 26.0 Å². The van der Waals surface area contributed by atoms with E-state index < -0.39 is 21.6 Å². The van der Waals surface area contributed by atoms with Crippen LogP contribution in [0.2, 0.25) is 0 Å². The molecule has 3 rings (SSSR count). The summed E-state index contributed by atoms with van der Waals surface area (Å²) >= 11 is 1.50. The van der Waals surface area contributed by atoms with E-state index in [0.717, 1.165) is 31.2 Å². The largest absolute Gasteiger partial charge is 0.348 e. The molecule has 1 spiro atoms. The fourth-order valence-electron chi connectivity index (χ4n) is 3.74. The van der Waals surface area contributed by atoms with Crippen LogP contribution in [0.5, 0.6) is 0 Å². The molecule has 7 nitrogen and oxygen atoms in total. The van der Waals surface area contributed by atoms with Gasteiger partial charge in [0.2, 0.25) is 21.8 Å². The van der Waals surface area contributed by atoms with Gasteiger partial charge < -0.3 is 10.6 Å². The summed E-state index contributed by atoms with van der Waals surface area (Å²) in [6, 6.07) is 0.987. The highest BCUT2D eigenvalue weighted by molar-refractivity contribution is 7.89. The van der Waals surface area contributed by atoms with Gasteiger partial charge in [-0.25, -0.2) is 8.42 Å². The van der Waals surface area contributed by atoms with Gasteiger partial charge in [-0.3, -0.25) is 9.59 Å². The second-order valence-electron chi connectivity index (χ2n) is 7.10. The lowest BCUT2D eigenvalue weighted by Crippen LogP contribution is -2.54. The molecule has 1 saturated heterocycles. The first kappa shape index (κ1) is 19.3. The standard InChI is InChI=1S/C17H25N3O4S2/c1-2-26(23,24)20-10-14(18-15(21)9-13-5-8-25-11-13)16(22)19-17(12-20)6-3-4-7-17/h5,8,11,14H,2-4,6-7,9-10,12H2,1H3,(H,18,21)(H,19,22). The SMILES string of the molecule is CCS(=O)(=O)N1CC(NC(=O)Cc2ccsc2)C(=O)NC2(CCCC2)C1. The first-order valence-corrected chi connectivity index (χ1v) is 11.5. The number of hydrogen-bond donors (Lipinski definition) is 2. The third kappa shape index (κ3) is 4.27. The number of nitrogens with one attached hydrogen (secondary N) is 2. The third-order valence-corrected chi connectivity index (χ3v) is 7.70. The number of carbonyl (C=O) groups excluding carboxylic acids is 2. The smallest absolute Gasteiger partial charge is 0.244 e. The van der Waals surface area contributed by atoms with Gasteiger partial charge in [0.25, 0.3) is 0 Å². The number of amides is 2. The molecule has 9 heteroatoms. The lowest BCUT2D eigenvalue weighted by molar-refractivity contribution is -0.129. The molecule has 1 unspecified atom stereocenters.